The molecule has 2 N–H and O–H groups in total. The SMILES string of the molecule is CCC(CC)n1ccc(C(=O)N2CCCC(O)(c3cn[nH]n3)C2)n1. The van der Waals surface area contributed by atoms with Crippen LogP contribution in [0.4, 0.5) is 0 Å². The minimum Gasteiger partial charge on any atom is -0.382 e. The fourth-order valence-corrected chi connectivity index (χ4v) is 3.32. The topological polar surface area (TPSA) is 99.9 Å². The van der Waals surface area contributed by atoms with Gasteiger partial charge in [-0.1, -0.05) is 13.8 Å². The Balaban J connectivity index is 1.75. The van der Waals surface area contributed by atoms with Crippen LogP contribution in [0.25, 0.3) is 0 Å². The van der Waals surface area contributed by atoms with Crippen molar-refractivity contribution in [2.24, 2.45) is 0 Å². The normalized spacial score (nSPS) is 21.4. The van der Waals surface area contributed by atoms with E-state index in [9.17, 15) is 9.90 Å². The molecule has 0 spiro atoms. The number of aliphatic hydroxyl groups is 1. The van der Waals surface area contributed by atoms with Crippen molar-refractivity contribution in [2.45, 2.75) is 51.2 Å². The Labute approximate surface area is 140 Å². The van der Waals surface area contributed by atoms with E-state index in [0.717, 1.165) is 12.8 Å². The van der Waals surface area contributed by atoms with Crippen LogP contribution in [0.2, 0.25) is 0 Å². The summed E-state index contributed by atoms with van der Waals surface area (Å²) < 4.78 is 1.86. The van der Waals surface area contributed by atoms with E-state index in [4.69, 9.17) is 0 Å². The molecule has 2 aromatic rings. The predicted octanol–water partition coefficient (Wildman–Crippen LogP) is 1.49. The van der Waals surface area contributed by atoms with Gasteiger partial charge >= 0.3 is 0 Å². The summed E-state index contributed by atoms with van der Waals surface area (Å²) in [5, 5.41) is 25.5. The maximum Gasteiger partial charge on any atom is 0.274 e. The number of H-pyrrole nitrogens is 1. The third-order valence-electron chi connectivity index (χ3n) is 4.79. The zero-order chi connectivity index (χ0) is 17.2. The molecule has 3 rings (SSSR count). The summed E-state index contributed by atoms with van der Waals surface area (Å²) in [6.45, 7) is 5.03. The lowest BCUT2D eigenvalue weighted by molar-refractivity contribution is -0.0322. The second kappa shape index (κ2) is 6.72. The third-order valence-corrected chi connectivity index (χ3v) is 4.79. The molecule has 8 nitrogen and oxygen atoms in total. The molecule has 1 aliphatic heterocycles. The second-order valence-electron chi connectivity index (χ2n) is 6.37. The smallest absolute Gasteiger partial charge is 0.274 e. The molecule has 130 valence electrons. The average molecular weight is 332 g/mol. The molecule has 0 aromatic carbocycles. The first-order valence-electron chi connectivity index (χ1n) is 8.50. The van der Waals surface area contributed by atoms with Crippen LogP contribution < -0.4 is 0 Å². The number of aromatic amines is 1. The Kier molecular flexibility index (Phi) is 4.66. The first kappa shape index (κ1) is 16.6. The highest BCUT2D eigenvalue weighted by Gasteiger charge is 2.39. The molecule has 1 saturated heterocycles. The number of amides is 1. The largest absolute Gasteiger partial charge is 0.382 e. The number of hydrogen-bond acceptors (Lipinski definition) is 5. The minimum atomic E-state index is -1.15. The monoisotopic (exact) mass is 332 g/mol. The van der Waals surface area contributed by atoms with Crippen molar-refractivity contribution in [2.75, 3.05) is 13.1 Å². The number of aromatic nitrogens is 5. The van der Waals surface area contributed by atoms with Gasteiger partial charge in [-0.05, 0) is 31.7 Å². The van der Waals surface area contributed by atoms with Gasteiger partial charge in [0.05, 0.1) is 18.8 Å². The molecule has 24 heavy (non-hydrogen) atoms. The van der Waals surface area contributed by atoms with E-state index in [-0.39, 0.29) is 12.5 Å². The van der Waals surface area contributed by atoms with Crippen molar-refractivity contribution in [3.05, 3.63) is 29.8 Å². The Bertz CT molecular complexity index is 679. The predicted molar refractivity (Wildman–Crippen MR) is 87.3 cm³/mol. The summed E-state index contributed by atoms with van der Waals surface area (Å²) in [7, 11) is 0. The van der Waals surface area contributed by atoms with Gasteiger partial charge in [-0.25, -0.2) is 0 Å². The van der Waals surface area contributed by atoms with Gasteiger partial charge < -0.3 is 10.0 Å². The highest BCUT2D eigenvalue weighted by Crippen LogP contribution is 2.30. The molecule has 0 aliphatic carbocycles. The molecule has 1 unspecified atom stereocenters. The van der Waals surface area contributed by atoms with Gasteiger partial charge in [0.2, 0.25) is 0 Å². The Morgan fingerprint density at radius 3 is 2.92 bits per heavy atom. The van der Waals surface area contributed by atoms with Crippen molar-refractivity contribution in [3.8, 4) is 0 Å². The van der Waals surface area contributed by atoms with E-state index in [1.165, 1.54) is 6.20 Å². The van der Waals surface area contributed by atoms with Crippen LogP contribution in [-0.2, 0) is 5.60 Å². The zero-order valence-electron chi connectivity index (χ0n) is 14.1. The number of piperidine rings is 1. The van der Waals surface area contributed by atoms with Crippen LogP contribution >= 0.6 is 0 Å². The Morgan fingerprint density at radius 1 is 1.46 bits per heavy atom. The fourth-order valence-electron chi connectivity index (χ4n) is 3.32. The van der Waals surface area contributed by atoms with Gasteiger partial charge in [-0.3, -0.25) is 9.48 Å². The molecule has 1 amide bonds. The van der Waals surface area contributed by atoms with Crippen LogP contribution in [-0.4, -0.2) is 54.2 Å². The van der Waals surface area contributed by atoms with Crippen molar-refractivity contribution < 1.29 is 9.90 Å². The molecule has 3 heterocycles. The zero-order valence-corrected chi connectivity index (χ0v) is 14.1. The van der Waals surface area contributed by atoms with Crippen LogP contribution in [0, 0.1) is 0 Å². The summed E-state index contributed by atoms with van der Waals surface area (Å²) >= 11 is 0. The van der Waals surface area contributed by atoms with E-state index in [1.807, 2.05) is 10.9 Å². The minimum absolute atomic E-state index is 0.152. The molecule has 1 fully saturated rings. The number of nitrogens with zero attached hydrogens (tertiary/aromatic N) is 5. The lowest BCUT2D eigenvalue weighted by Gasteiger charge is -2.37. The van der Waals surface area contributed by atoms with Crippen molar-refractivity contribution in [3.63, 3.8) is 0 Å². The summed E-state index contributed by atoms with van der Waals surface area (Å²) in [6.07, 6.45) is 6.59. The summed E-state index contributed by atoms with van der Waals surface area (Å²) in [4.78, 5) is 14.4. The molecular weight excluding hydrogens is 308 g/mol. The maximum atomic E-state index is 12.8. The van der Waals surface area contributed by atoms with Gasteiger partial charge in [-0.15, -0.1) is 0 Å². The Hall–Kier alpha value is -2.22. The van der Waals surface area contributed by atoms with E-state index in [1.54, 1.807) is 11.0 Å². The van der Waals surface area contributed by atoms with Crippen molar-refractivity contribution >= 4 is 5.91 Å². The van der Waals surface area contributed by atoms with E-state index in [2.05, 4.69) is 34.4 Å². The highest BCUT2D eigenvalue weighted by atomic mass is 16.3. The summed E-state index contributed by atoms with van der Waals surface area (Å²) in [6, 6.07) is 2.06. The lowest BCUT2D eigenvalue weighted by atomic mass is 9.90. The maximum absolute atomic E-state index is 12.8. The number of hydrogen-bond donors (Lipinski definition) is 2. The number of likely N-dealkylation sites (tertiary alicyclic amines) is 1. The molecule has 0 saturated carbocycles. The molecular formula is C16H24N6O2. The summed E-state index contributed by atoms with van der Waals surface area (Å²) in [5.74, 6) is -0.152. The van der Waals surface area contributed by atoms with Crippen LogP contribution in [0.1, 0.15) is 61.8 Å². The summed E-state index contributed by atoms with van der Waals surface area (Å²) in [5.41, 5.74) is -0.257. The molecule has 0 radical (unpaired) electrons. The number of nitrogens with one attached hydrogen (secondary N) is 1. The number of β-amino-alcohol motifs (C(OH)–C–C–N with tert-alkyl or cyclic N) is 1. The number of rotatable bonds is 5. The first-order chi connectivity index (χ1) is 11.6. The number of carbonyl (C=O) groups excluding carboxylic acids is 1. The van der Waals surface area contributed by atoms with Gasteiger partial charge in [0, 0.05) is 12.7 Å². The quantitative estimate of drug-likeness (QED) is 0.864. The van der Waals surface area contributed by atoms with Gasteiger partial charge in [0.25, 0.3) is 5.91 Å². The van der Waals surface area contributed by atoms with E-state index >= 15 is 0 Å². The van der Waals surface area contributed by atoms with Crippen molar-refractivity contribution in [1.82, 2.24) is 30.1 Å². The Morgan fingerprint density at radius 2 is 2.25 bits per heavy atom. The van der Waals surface area contributed by atoms with Crippen LogP contribution in [0.5, 0.6) is 0 Å². The standard InChI is InChI=1S/C16H24N6O2/c1-3-12(4-2)22-9-6-13(19-22)15(23)21-8-5-7-16(24,11-21)14-10-17-20-18-14/h6,9-10,12,24H,3-5,7-8,11H2,1-2H3,(H,17,18,20). The van der Waals surface area contributed by atoms with E-state index in [0.29, 0.717) is 36.8 Å². The number of carbonyl (C=O) groups is 1. The second-order valence-corrected chi connectivity index (χ2v) is 6.37. The van der Waals surface area contributed by atoms with E-state index < -0.39 is 5.60 Å². The molecule has 1 atom stereocenters. The average Bonchev–Trinajstić information content (AvgIpc) is 3.28. The third kappa shape index (κ3) is 3.06. The van der Waals surface area contributed by atoms with Crippen molar-refractivity contribution in [1.29, 1.82) is 0 Å². The molecule has 2 aromatic heterocycles. The van der Waals surface area contributed by atoms with Crippen LogP contribution in [0.3, 0.4) is 0 Å². The molecule has 0 bridgehead atoms. The molecule has 8 heteroatoms. The lowest BCUT2D eigenvalue weighted by Crippen LogP contribution is -2.48. The first-order valence-corrected chi connectivity index (χ1v) is 8.50. The van der Waals surface area contributed by atoms with Gasteiger partial charge in [0.15, 0.2) is 0 Å². The van der Waals surface area contributed by atoms with Gasteiger partial charge in [-0.2, -0.15) is 20.5 Å². The van der Waals surface area contributed by atoms with Gasteiger partial charge in [0.1, 0.15) is 17.0 Å². The van der Waals surface area contributed by atoms with Crippen LogP contribution in [0.15, 0.2) is 18.5 Å². The fraction of sp³-hybridized carbons (Fsp3) is 0.625. The highest BCUT2D eigenvalue weighted by molar-refractivity contribution is 5.92. The molecule has 1 aliphatic rings.